The molecule has 1 aromatic heterocycles. The Hall–Kier alpha value is -1.90. The number of carbonyl (C=O) groups is 1. The minimum absolute atomic E-state index is 0.226. The zero-order valence-corrected chi connectivity index (χ0v) is 13.7. The van der Waals surface area contributed by atoms with Crippen LogP contribution in [-0.2, 0) is 24.1 Å². The first-order valence-electron chi connectivity index (χ1n) is 6.73. The second-order valence-corrected chi connectivity index (χ2v) is 5.62. The van der Waals surface area contributed by atoms with E-state index in [0.29, 0.717) is 12.4 Å². The Morgan fingerprint density at radius 1 is 1.39 bits per heavy atom. The first kappa shape index (κ1) is 17.5. The molecule has 0 saturated carbocycles. The van der Waals surface area contributed by atoms with Crippen molar-refractivity contribution in [1.82, 2.24) is 14.8 Å². The minimum Gasteiger partial charge on any atom is -0.454 e. The van der Waals surface area contributed by atoms with Crippen molar-refractivity contribution in [2.45, 2.75) is 32.7 Å². The van der Waals surface area contributed by atoms with Gasteiger partial charge in [-0.1, -0.05) is 22.9 Å². The van der Waals surface area contributed by atoms with Gasteiger partial charge in [0, 0.05) is 11.0 Å². The summed E-state index contributed by atoms with van der Waals surface area (Å²) in [5.41, 5.74) is -1.59. The van der Waals surface area contributed by atoms with Crippen LogP contribution in [0.3, 0.4) is 0 Å². The van der Waals surface area contributed by atoms with Gasteiger partial charge in [0.15, 0.2) is 12.4 Å². The number of hydrogen-bond donors (Lipinski definition) is 0. The van der Waals surface area contributed by atoms with Crippen LogP contribution >= 0.6 is 15.9 Å². The zero-order valence-electron chi connectivity index (χ0n) is 12.1. The van der Waals surface area contributed by atoms with E-state index in [9.17, 15) is 18.0 Å². The maximum absolute atomic E-state index is 13.0. The van der Waals surface area contributed by atoms with Crippen LogP contribution in [0.25, 0.3) is 0 Å². The number of rotatable bonds is 5. The third kappa shape index (κ3) is 4.31. The molecule has 2 rings (SSSR count). The van der Waals surface area contributed by atoms with Gasteiger partial charge in [0.25, 0.3) is 0 Å². The van der Waals surface area contributed by atoms with Gasteiger partial charge in [0.2, 0.25) is 0 Å². The van der Waals surface area contributed by atoms with Crippen LogP contribution < -0.4 is 0 Å². The van der Waals surface area contributed by atoms with E-state index >= 15 is 0 Å². The topological polar surface area (TPSA) is 57.0 Å². The van der Waals surface area contributed by atoms with Gasteiger partial charge in [-0.2, -0.15) is 13.2 Å². The Kier molecular flexibility index (Phi) is 5.40. The van der Waals surface area contributed by atoms with Gasteiger partial charge < -0.3 is 9.30 Å². The van der Waals surface area contributed by atoms with E-state index in [0.717, 1.165) is 18.6 Å². The molecule has 0 unspecified atom stereocenters. The number of nitrogens with zero attached hydrogens (tertiary/aromatic N) is 3. The van der Waals surface area contributed by atoms with Crippen LogP contribution in [0.1, 0.15) is 35.1 Å². The largest absolute Gasteiger partial charge is 0.454 e. The van der Waals surface area contributed by atoms with Crippen molar-refractivity contribution >= 4 is 21.9 Å². The average molecular weight is 392 g/mol. The summed E-state index contributed by atoms with van der Waals surface area (Å²) in [6.07, 6.45) is -2.35. The third-order valence-electron chi connectivity index (χ3n) is 3.00. The first-order chi connectivity index (χ1) is 10.8. The molecule has 0 aliphatic carbocycles. The van der Waals surface area contributed by atoms with Crippen molar-refractivity contribution in [3.8, 4) is 0 Å². The summed E-state index contributed by atoms with van der Waals surface area (Å²) >= 11 is 2.96. The summed E-state index contributed by atoms with van der Waals surface area (Å²) in [6.45, 7) is 2.34. The number of benzene rings is 1. The molecular weight excluding hydrogens is 379 g/mol. The molecule has 9 heteroatoms. The number of alkyl halides is 3. The fourth-order valence-electron chi connectivity index (χ4n) is 1.96. The van der Waals surface area contributed by atoms with Crippen molar-refractivity contribution in [2.75, 3.05) is 0 Å². The number of hydrogen-bond acceptors (Lipinski definition) is 4. The molecule has 124 valence electrons. The van der Waals surface area contributed by atoms with E-state index in [4.69, 9.17) is 4.74 Å². The Morgan fingerprint density at radius 2 is 2.13 bits per heavy atom. The van der Waals surface area contributed by atoms with Crippen molar-refractivity contribution in [2.24, 2.45) is 0 Å². The monoisotopic (exact) mass is 391 g/mol. The molecule has 0 radical (unpaired) electrons. The van der Waals surface area contributed by atoms with Crippen LogP contribution in [0.4, 0.5) is 13.2 Å². The smallest absolute Gasteiger partial charge is 0.417 e. The Balaban J connectivity index is 2.17. The maximum atomic E-state index is 13.0. The van der Waals surface area contributed by atoms with E-state index in [1.54, 1.807) is 4.57 Å². The molecule has 1 aromatic carbocycles. The van der Waals surface area contributed by atoms with Gasteiger partial charge in [0.1, 0.15) is 6.33 Å². The van der Waals surface area contributed by atoms with E-state index in [1.807, 2.05) is 6.92 Å². The van der Waals surface area contributed by atoms with Gasteiger partial charge in [-0.05, 0) is 24.6 Å². The molecule has 0 bridgehead atoms. The highest BCUT2D eigenvalue weighted by atomic mass is 79.9. The molecule has 0 aliphatic rings. The SMILES string of the molecule is CCCn1cnnc1COC(=O)c1ccc(Br)cc1C(F)(F)F. The molecule has 1 heterocycles. The van der Waals surface area contributed by atoms with E-state index in [2.05, 4.69) is 26.1 Å². The highest BCUT2D eigenvalue weighted by Gasteiger charge is 2.36. The number of ether oxygens (including phenoxy) is 1. The Bertz CT molecular complexity index is 701. The summed E-state index contributed by atoms with van der Waals surface area (Å²) in [5, 5.41) is 7.49. The lowest BCUT2D eigenvalue weighted by Gasteiger charge is -2.13. The van der Waals surface area contributed by atoms with Gasteiger partial charge in [-0.3, -0.25) is 0 Å². The molecule has 5 nitrogen and oxygen atoms in total. The number of esters is 1. The molecule has 2 aromatic rings. The normalized spacial score (nSPS) is 11.5. The first-order valence-corrected chi connectivity index (χ1v) is 7.52. The number of carbonyl (C=O) groups excluding carboxylic acids is 1. The van der Waals surface area contributed by atoms with E-state index < -0.39 is 23.3 Å². The molecule has 0 N–H and O–H groups in total. The summed E-state index contributed by atoms with van der Waals surface area (Å²) in [6, 6.07) is 3.27. The Labute approximate surface area is 138 Å². The van der Waals surface area contributed by atoms with Gasteiger partial charge in [0.05, 0.1) is 11.1 Å². The lowest BCUT2D eigenvalue weighted by atomic mass is 10.1. The molecule has 0 atom stereocenters. The molecule has 23 heavy (non-hydrogen) atoms. The fourth-order valence-corrected chi connectivity index (χ4v) is 2.32. The van der Waals surface area contributed by atoms with E-state index in [1.165, 1.54) is 12.4 Å². The second kappa shape index (κ2) is 7.12. The summed E-state index contributed by atoms with van der Waals surface area (Å²) in [5.74, 6) is -0.679. The number of aromatic nitrogens is 3. The molecule has 0 aliphatic heterocycles. The van der Waals surface area contributed by atoms with Crippen LogP contribution in [0, 0.1) is 0 Å². The summed E-state index contributed by atoms with van der Waals surface area (Å²) in [7, 11) is 0. The lowest BCUT2D eigenvalue weighted by molar-refractivity contribution is -0.138. The van der Waals surface area contributed by atoms with Crippen LogP contribution in [0.2, 0.25) is 0 Å². The fraction of sp³-hybridized carbons (Fsp3) is 0.357. The molecule has 0 spiro atoms. The quantitative estimate of drug-likeness (QED) is 0.726. The molecular formula is C14H13BrF3N3O2. The minimum atomic E-state index is -4.65. The van der Waals surface area contributed by atoms with Crippen LogP contribution in [-0.4, -0.2) is 20.7 Å². The molecule has 0 amide bonds. The van der Waals surface area contributed by atoms with Crippen molar-refractivity contribution in [1.29, 1.82) is 0 Å². The predicted octanol–water partition coefficient (Wildman–Crippen LogP) is 3.83. The third-order valence-corrected chi connectivity index (χ3v) is 3.49. The maximum Gasteiger partial charge on any atom is 0.417 e. The summed E-state index contributed by atoms with van der Waals surface area (Å²) in [4.78, 5) is 12.0. The number of halogens is 4. The van der Waals surface area contributed by atoms with Crippen molar-refractivity contribution < 1.29 is 22.7 Å². The van der Waals surface area contributed by atoms with Gasteiger partial charge >= 0.3 is 12.1 Å². The van der Waals surface area contributed by atoms with Crippen LogP contribution in [0.5, 0.6) is 0 Å². The lowest BCUT2D eigenvalue weighted by Crippen LogP contribution is -2.16. The van der Waals surface area contributed by atoms with Gasteiger partial charge in [-0.15, -0.1) is 10.2 Å². The number of aryl methyl sites for hydroxylation is 1. The standard InChI is InChI=1S/C14H13BrF3N3O2/c1-2-5-21-8-19-20-12(21)7-23-13(22)10-4-3-9(15)6-11(10)14(16,17)18/h3-4,6,8H,2,5,7H2,1H3. The van der Waals surface area contributed by atoms with Crippen molar-refractivity contribution in [3.63, 3.8) is 0 Å². The molecule has 0 saturated heterocycles. The molecule has 0 fully saturated rings. The zero-order chi connectivity index (χ0) is 17.0. The van der Waals surface area contributed by atoms with Gasteiger partial charge in [-0.25, -0.2) is 4.79 Å². The van der Waals surface area contributed by atoms with Crippen LogP contribution in [0.15, 0.2) is 29.0 Å². The Morgan fingerprint density at radius 3 is 2.78 bits per heavy atom. The second-order valence-electron chi connectivity index (χ2n) is 4.70. The highest BCUT2D eigenvalue weighted by Crippen LogP contribution is 2.34. The van der Waals surface area contributed by atoms with E-state index in [-0.39, 0.29) is 11.1 Å². The highest BCUT2D eigenvalue weighted by molar-refractivity contribution is 9.10. The summed E-state index contributed by atoms with van der Waals surface area (Å²) < 4.78 is 45.9. The average Bonchev–Trinajstić information content (AvgIpc) is 2.91. The van der Waals surface area contributed by atoms with Crippen molar-refractivity contribution in [3.05, 3.63) is 46.0 Å². The predicted molar refractivity (Wildman–Crippen MR) is 78.6 cm³/mol.